The molecule has 0 radical (unpaired) electrons. The molecule has 0 aliphatic carbocycles. The Hall–Kier alpha value is -1.68. The minimum atomic E-state index is -0.119. The molecule has 4 nitrogen and oxygen atoms in total. The van der Waals surface area contributed by atoms with E-state index >= 15 is 0 Å². The Balaban J connectivity index is 2.58. The monoisotopic (exact) mass is 254 g/mol. The number of carbonyl (C=O) groups excluding carboxylic acids is 1. The Kier molecular flexibility index (Phi) is 5.36. The fourth-order valence-electron chi connectivity index (χ4n) is 1.24. The van der Waals surface area contributed by atoms with E-state index in [1.807, 2.05) is 0 Å². The molecule has 0 saturated heterocycles. The Bertz CT molecular complexity index is 407. The number of amides is 1. The van der Waals surface area contributed by atoms with Gasteiger partial charge in [0.1, 0.15) is 5.75 Å². The molecule has 0 spiro atoms. The molecule has 0 unspecified atom stereocenters. The third-order valence-electron chi connectivity index (χ3n) is 2.04. The number of hydrogen-bond donors (Lipinski definition) is 2. The third kappa shape index (κ3) is 4.36. The van der Waals surface area contributed by atoms with Gasteiger partial charge in [0.15, 0.2) is 0 Å². The molecule has 1 aromatic rings. The summed E-state index contributed by atoms with van der Waals surface area (Å²) in [6, 6.07) is 5.18. The molecule has 92 valence electrons. The smallest absolute Gasteiger partial charge is 0.239 e. The molecule has 1 amide bonds. The number of ether oxygens (including phenoxy) is 1. The highest BCUT2D eigenvalue weighted by atomic mass is 35.5. The van der Waals surface area contributed by atoms with Crippen molar-refractivity contribution in [2.45, 2.75) is 0 Å². The summed E-state index contributed by atoms with van der Waals surface area (Å²) in [7, 11) is 1.56. The van der Waals surface area contributed by atoms with Crippen molar-refractivity contribution < 1.29 is 9.53 Å². The molecule has 1 aromatic carbocycles. The predicted molar refractivity (Wildman–Crippen MR) is 69.7 cm³/mol. The second-order valence-corrected chi connectivity index (χ2v) is 3.73. The van der Waals surface area contributed by atoms with Crippen LogP contribution in [0.4, 0.5) is 5.69 Å². The lowest BCUT2D eigenvalue weighted by Gasteiger charge is -2.11. The average Bonchev–Trinajstić information content (AvgIpc) is 2.34. The zero-order chi connectivity index (χ0) is 12.7. The van der Waals surface area contributed by atoms with Crippen molar-refractivity contribution in [3.63, 3.8) is 0 Å². The largest absolute Gasteiger partial charge is 0.495 e. The molecule has 0 aromatic heterocycles. The van der Waals surface area contributed by atoms with Crippen molar-refractivity contribution >= 4 is 23.2 Å². The van der Waals surface area contributed by atoms with E-state index in [0.717, 1.165) is 0 Å². The summed E-state index contributed by atoms with van der Waals surface area (Å²) < 4.78 is 5.14. The molecule has 2 N–H and O–H groups in total. The van der Waals surface area contributed by atoms with Gasteiger partial charge in [0.25, 0.3) is 0 Å². The number of carbonyl (C=O) groups is 1. The molecule has 0 aliphatic heterocycles. The Labute approximate surface area is 106 Å². The van der Waals surface area contributed by atoms with Crippen LogP contribution in [0.15, 0.2) is 30.9 Å². The summed E-state index contributed by atoms with van der Waals surface area (Å²) in [4.78, 5) is 11.4. The van der Waals surface area contributed by atoms with Crippen LogP contribution in [0.5, 0.6) is 5.75 Å². The fraction of sp³-hybridized carbons (Fsp3) is 0.250. The highest BCUT2D eigenvalue weighted by molar-refractivity contribution is 6.30. The van der Waals surface area contributed by atoms with Crippen LogP contribution in [-0.4, -0.2) is 26.1 Å². The van der Waals surface area contributed by atoms with Crippen molar-refractivity contribution in [3.05, 3.63) is 35.9 Å². The molecule has 0 fully saturated rings. The molecule has 0 aliphatic rings. The Morgan fingerprint density at radius 3 is 3.00 bits per heavy atom. The quantitative estimate of drug-likeness (QED) is 0.764. The van der Waals surface area contributed by atoms with Gasteiger partial charge in [-0.25, -0.2) is 0 Å². The van der Waals surface area contributed by atoms with Crippen LogP contribution in [0.3, 0.4) is 0 Å². The van der Waals surface area contributed by atoms with Crippen LogP contribution in [-0.2, 0) is 4.79 Å². The summed E-state index contributed by atoms with van der Waals surface area (Å²) in [5.41, 5.74) is 0.689. The van der Waals surface area contributed by atoms with Gasteiger partial charge < -0.3 is 15.4 Å². The molecule has 0 saturated carbocycles. The van der Waals surface area contributed by atoms with Crippen molar-refractivity contribution in [1.29, 1.82) is 0 Å². The second-order valence-electron chi connectivity index (χ2n) is 3.29. The van der Waals surface area contributed by atoms with Gasteiger partial charge in [-0.2, -0.15) is 0 Å². The van der Waals surface area contributed by atoms with E-state index in [0.29, 0.717) is 23.0 Å². The van der Waals surface area contributed by atoms with Crippen LogP contribution in [0, 0.1) is 0 Å². The van der Waals surface area contributed by atoms with Gasteiger partial charge >= 0.3 is 0 Å². The average molecular weight is 255 g/mol. The van der Waals surface area contributed by atoms with E-state index in [1.54, 1.807) is 31.4 Å². The van der Waals surface area contributed by atoms with Crippen LogP contribution in [0.25, 0.3) is 0 Å². The van der Waals surface area contributed by atoms with Crippen molar-refractivity contribution in [1.82, 2.24) is 5.32 Å². The highest BCUT2D eigenvalue weighted by Crippen LogP contribution is 2.27. The maximum atomic E-state index is 11.4. The number of nitrogens with one attached hydrogen (secondary N) is 2. The van der Waals surface area contributed by atoms with Crippen LogP contribution >= 0.6 is 11.6 Å². The van der Waals surface area contributed by atoms with Gasteiger partial charge in [0.05, 0.1) is 19.3 Å². The SMILES string of the molecule is C=CCNC(=O)CNc1cc(Cl)ccc1OC. The molecule has 5 heteroatoms. The number of methoxy groups -OCH3 is 1. The first kappa shape index (κ1) is 13.4. The number of anilines is 1. The van der Waals surface area contributed by atoms with Gasteiger partial charge in [-0.15, -0.1) is 6.58 Å². The van der Waals surface area contributed by atoms with Gasteiger partial charge in [0.2, 0.25) is 5.91 Å². The minimum absolute atomic E-state index is 0.119. The van der Waals surface area contributed by atoms with E-state index < -0.39 is 0 Å². The first-order valence-corrected chi connectivity index (χ1v) is 5.50. The lowest BCUT2D eigenvalue weighted by atomic mass is 10.3. The minimum Gasteiger partial charge on any atom is -0.495 e. The van der Waals surface area contributed by atoms with Crippen molar-refractivity contribution in [2.24, 2.45) is 0 Å². The summed E-state index contributed by atoms with van der Waals surface area (Å²) in [5.74, 6) is 0.526. The number of hydrogen-bond acceptors (Lipinski definition) is 3. The second kappa shape index (κ2) is 6.81. The first-order valence-electron chi connectivity index (χ1n) is 5.12. The van der Waals surface area contributed by atoms with Crippen molar-refractivity contribution in [3.8, 4) is 5.75 Å². The van der Waals surface area contributed by atoms with E-state index in [9.17, 15) is 4.79 Å². The van der Waals surface area contributed by atoms with Gasteiger partial charge in [-0.1, -0.05) is 17.7 Å². The lowest BCUT2D eigenvalue weighted by Crippen LogP contribution is -2.29. The summed E-state index contributed by atoms with van der Waals surface area (Å²) in [6.07, 6.45) is 1.62. The van der Waals surface area contributed by atoms with E-state index in [-0.39, 0.29) is 12.5 Å². The van der Waals surface area contributed by atoms with Crippen LogP contribution in [0.2, 0.25) is 5.02 Å². The summed E-state index contributed by atoms with van der Waals surface area (Å²) in [5, 5.41) is 6.20. The zero-order valence-corrected chi connectivity index (χ0v) is 10.4. The van der Waals surface area contributed by atoms with Crippen LogP contribution in [0.1, 0.15) is 0 Å². The predicted octanol–water partition coefficient (Wildman–Crippen LogP) is 2.06. The topological polar surface area (TPSA) is 50.4 Å². The fourth-order valence-corrected chi connectivity index (χ4v) is 1.41. The standard InChI is InChI=1S/C12H15ClN2O2/c1-3-6-14-12(16)8-15-10-7-9(13)4-5-11(10)17-2/h3-5,7,15H,1,6,8H2,2H3,(H,14,16). The van der Waals surface area contributed by atoms with E-state index in [1.165, 1.54) is 0 Å². The molecule has 1 rings (SSSR count). The molecule has 0 bridgehead atoms. The summed E-state index contributed by atoms with van der Waals surface area (Å²) in [6.45, 7) is 4.13. The van der Waals surface area contributed by atoms with Gasteiger partial charge in [0, 0.05) is 11.6 Å². The molecule has 0 atom stereocenters. The third-order valence-corrected chi connectivity index (χ3v) is 2.28. The normalized spacial score (nSPS) is 9.53. The number of halogens is 1. The molecule has 0 heterocycles. The zero-order valence-electron chi connectivity index (χ0n) is 9.63. The van der Waals surface area contributed by atoms with E-state index in [2.05, 4.69) is 17.2 Å². The highest BCUT2D eigenvalue weighted by Gasteiger charge is 2.05. The molecular weight excluding hydrogens is 240 g/mol. The maximum Gasteiger partial charge on any atom is 0.239 e. The summed E-state index contributed by atoms with van der Waals surface area (Å²) >= 11 is 5.86. The van der Waals surface area contributed by atoms with E-state index in [4.69, 9.17) is 16.3 Å². The molecule has 17 heavy (non-hydrogen) atoms. The number of rotatable bonds is 6. The van der Waals surface area contributed by atoms with Crippen molar-refractivity contribution in [2.75, 3.05) is 25.5 Å². The maximum absolute atomic E-state index is 11.4. The Morgan fingerprint density at radius 2 is 2.35 bits per heavy atom. The Morgan fingerprint density at radius 1 is 1.59 bits per heavy atom. The first-order chi connectivity index (χ1) is 8.17. The van der Waals surface area contributed by atoms with Gasteiger partial charge in [-0.05, 0) is 18.2 Å². The molecular formula is C12H15ClN2O2. The lowest BCUT2D eigenvalue weighted by molar-refractivity contribution is -0.119. The van der Waals surface area contributed by atoms with Gasteiger partial charge in [-0.3, -0.25) is 4.79 Å². The number of benzene rings is 1. The van der Waals surface area contributed by atoms with Crippen LogP contribution < -0.4 is 15.4 Å².